The molecule has 1 unspecified atom stereocenters. The van der Waals surface area contributed by atoms with Crippen molar-refractivity contribution in [3.05, 3.63) is 54.1 Å². The number of carbonyl (C=O) groups excluding carboxylic acids is 1. The van der Waals surface area contributed by atoms with Crippen molar-refractivity contribution >= 4 is 12.0 Å². The maximum atomic E-state index is 11.1. The van der Waals surface area contributed by atoms with Gasteiger partial charge in [-0.05, 0) is 17.2 Å². The Morgan fingerprint density at radius 1 is 0.938 bits per heavy atom. The zero-order chi connectivity index (χ0) is 11.0. The first-order valence-electron chi connectivity index (χ1n) is 5.30. The number of hydrogen-bond donors (Lipinski definition) is 1. The molecule has 0 saturated carbocycles. The molecule has 0 bridgehead atoms. The van der Waals surface area contributed by atoms with Crippen LogP contribution in [0.25, 0.3) is 11.1 Å². The highest BCUT2D eigenvalue weighted by atomic mass is 16.1. The van der Waals surface area contributed by atoms with Gasteiger partial charge < -0.3 is 10.1 Å². The highest BCUT2D eigenvalue weighted by Crippen LogP contribution is 2.39. The molecule has 0 fully saturated rings. The molecule has 3 rings (SSSR count). The Balaban J connectivity index is 2.28. The van der Waals surface area contributed by atoms with Gasteiger partial charge in [-0.25, -0.2) is 0 Å². The third-order valence-electron chi connectivity index (χ3n) is 2.96. The molecule has 1 N–H and O–H groups in total. The number of benzene rings is 2. The molecule has 1 heterocycles. The summed E-state index contributed by atoms with van der Waals surface area (Å²) in [6.07, 6.45) is 0.953. The first kappa shape index (κ1) is 9.16. The lowest BCUT2D eigenvalue weighted by Crippen LogP contribution is -2.17. The van der Waals surface area contributed by atoms with Crippen LogP contribution >= 0.6 is 0 Å². The number of fused-ring (bicyclic) bond motifs is 3. The van der Waals surface area contributed by atoms with E-state index in [1.807, 2.05) is 36.4 Å². The third-order valence-corrected chi connectivity index (χ3v) is 2.96. The molecule has 0 spiro atoms. The minimum absolute atomic E-state index is 0.230. The zero-order valence-electron chi connectivity index (χ0n) is 8.68. The number of hydrogen-bond acceptors (Lipinski definition) is 2. The monoisotopic (exact) mass is 209 g/mol. The molecule has 2 nitrogen and oxygen atoms in total. The van der Waals surface area contributed by atoms with Crippen LogP contribution in [0.3, 0.4) is 0 Å². The molecule has 1 atom stereocenters. The number of nitrogens with one attached hydrogen (secondary N) is 1. The van der Waals surface area contributed by atoms with Gasteiger partial charge >= 0.3 is 0 Å². The van der Waals surface area contributed by atoms with Crippen molar-refractivity contribution < 1.29 is 4.79 Å². The number of para-hydroxylation sites is 1. The van der Waals surface area contributed by atoms with Gasteiger partial charge in [0.1, 0.15) is 12.3 Å². The van der Waals surface area contributed by atoms with Gasteiger partial charge in [0.25, 0.3) is 0 Å². The van der Waals surface area contributed by atoms with E-state index in [4.69, 9.17) is 0 Å². The summed E-state index contributed by atoms with van der Waals surface area (Å²) in [5, 5.41) is 3.23. The summed E-state index contributed by atoms with van der Waals surface area (Å²) in [6.45, 7) is 0. The van der Waals surface area contributed by atoms with Gasteiger partial charge in [0.2, 0.25) is 0 Å². The molecule has 0 saturated heterocycles. The van der Waals surface area contributed by atoms with Crippen LogP contribution in [0.15, 0.2) is 48.5 Å². The number of anilines is 1. The molecule has 0 aromatic heterocycles. The molecule has 2 aromatic rings. The van der Waals surface area contributed by atoms with Crippen molar-refractivity contribution in [1.29, 1.82) is 0 Å². The Bertz CT molecular complexity index is 548. The standard InChI is InChI=1S/C14H11NO/c16-9-14-12-7-2-1-5-10(12)11-6-3-4-8-13(11)15-14/h1-9,14-15H. The molecule has 2 aromatic carbocycles. The Labute approximate surface area is 93.9 Å². The average molecular weight is 209 g/mol. The molecule has 0 amide bonds. The zero-order valence-corrected chi connectivity index (χ0v) is 8.68. The van der Waals surface area contributed by atoms with Crippen LogP contribution < -0.4 is 5.32 Å². The molecule has 16 heavy (non-hydrogen) atoms. The van der Waals surface area contributed by atoms with Crippen LogP contribution in [0.1, 0.15) is 11.6 Å². The second kappa shape index (κ2) is 3.49. The maximum absolute atomic E-state index is 11.1. The molecular formula is C14H11NO. The summed E-state index contributed by atoms with van der Waals surface area (Å²) in [6, 6.07) is 15.9. The summed E-state index contributed by atoms with van der Waals surface area (Å²) < 4.78 is 0. The second-order valence-electron chi connectivity index (χ2n) is 3.89. The van der Waals surface area contributed by atoms with E-state index in [0.717, 1.165) is 28.7 Å². The van der Waals surface area contributed by atoms with Gasteiger partial charge in [0, 0.05) is 11.3 Å². The maximum Gasteiger partial charge on any atom is 0.146 e. The topological polar surface area (TPSA) is 29.1 Å². The summed E-state index contributed by atoms with van der Waals surface area (Å²) >= 11 is 0. The third kappa shape index (κ3) is 1.23. The van der Waals surface area contributed by atoms with E-state index < -0.39 is 0 Å². The smallest absolute Gasteiger partial charge is 0.146 e. The molecule has 0 radical (unpaired) electrons. The number of carbonyl (C=O) groups is 1. The van der Waals surface area contributed by atoms with Gasteiger partial charge in [-0.1, -0.05) is 42.5 Å². The van der Waals surface area contributed by atoms with Crippen molar-refractivity contribution in [3.8, 4) is 11.1 Å². The summed E-state index contributed by atoms with van der Waals surface area (Å²) in [7, 11) is 0. The van der Waals surface area contributed by atoms with Gasteiger partial charge in [0.15, 0.2) is 0 Å². The van der Waals surface area contributed by atoms with Gasteiger partial charge in [-0.15, -0.1) is 0 Å². The van der Waals surface area contributed by atoms with Crippen LogP contribution in [-0.4, -0.2) is 6.29 Å². The van der Waals surface area contributed by atoms with E-state index in [-0.39, 0.29) is 6.04 Å². The predicted molar refractivity (Wildman–Crippen MR) is 64.3 cm³/mol. The van der Waals surface area contributed by atoms with Crippen molar-refractivity contribution in [2.75, 3.05) is 5.32 Å². The number of rotatable bonds is 1. The van der Waals surface area contributed by atoms with Crippen molar-refractivity contribution in [3.63, 3.8) is 0 Å². The Hall–Kier alpha value is -2.09. The fourth-order valence-corrected chi connectivity index (χ4v) is 2.21. The minimum Gasteiger partial charge on any atom is -0.371 e. The fraction of sp³-hybridized carbons (Fsp3) is 0.0714. The Kier molecular flexibility index (Phi) is 2.00. The average Bonchev–Trinajstić information content (AvgIpc) is 2.38. The SMILES string of the molecule is O=CC1Nc2ccccc2-c2ccccc21. The van der Waals surface area contributed by atoms with Crippen molar-refractivity contribution in [2.45, 2.75) is 6.04 Å². The quantitative estimate of drug-likeness (QED) is 0.731. The predicted octanol–water partition coefficient (Wildman–Crippen LogP) is 3.02. The lowest BCUT2D eigenvalue weighted by molar-refractivity contribution is -0.108. The molecule has 1 aliphatic heterocycles. The highest BCUT2D eigenvalue weighted by molar-refractivity contribution is 5.88. The lowest BCUT2D eigenvalue weighted by atomic mass is 9.90. The second-order valence-corrected chi connectivity index (χ2v) is 3.89. The first-order valence-corrected chi connectivity index (χ1v) is 5.30. The Morgan fingerprint density at radius 3 is 2.44 bits per heavy atom. The summed E-state index contributed by atoms with van der Waals surface area (Å²) in [5.41, 5.74) is 4.39. The van der Waals surface area contributed by atoms with Crippen LogP contribution in [0.4, 0.5) is 5.69 Å². The van der Waals surface area contributed by atoms with Gasteiger partial charge in [-0.2, -0.15) is 0 Å². The van der Waals surface area contributed by atoms with Gasteiger partial charge in [0.05, 0.1) is 0 Å². The largest absolute Gasteiger partial charge is 0.371 e. The highest BCUT2D eigenvalue weighted by Gasteiger charge is 2.22. The molecular weight excluding hydrogens is 198 g/mol. The molecule has 2 heteroatoms. The van der Waals surface area contributed by atoms with E-state index >= 15 is 0 Å². The van der Waals surface area contributed by atoms with Gasteiger partial charge in [-0.3, -0.25) is 0 Å². The van der Waals surface area contributed by atoms with E-state index in [0.29, 0.717) is 0 Å². The summed E-state index contributed by atoms with van der Waals surface area (Å²) in [5.74, 6) is 0. The van der Waals surface area contributed by atoms with Crippen LogP contribution in [0.2, 0.25) is 0 Å². The summed E-state index contributed by atoms with van der Waals surface area (Å²) in [4.78, 5) is 11.1. The van der Waals surface area contributed by atoms with Crippen molar-refractivity contribution in [1.82, 2.24) is 0 Å². The van der Waals surface area contributed by atoms with E-state index in [2.05, 4.69) is 17.4 Å². The first-order chi connectivity index (χ1) is 7.90. The van der Waals surface area contributed by atoms with E-state index in [1.165, 1.54) is 0 Å². The van der Waals surface area contributed by atoms with Crippen LogP contribution in [0, 0.1) is 0 Å². The Morgan fingerprint density at radius 2 is 1.62 bits per heavy atom. The fourth-order valence-electron chi connectivity index (χ4n) is 2.21. The van der Waals surface area contributed by atoms with Crippen LogP contribution in [-0.2, 0) is 4.79 Å². The number of aldehydes is 1. The van der Waals surface area contributed by atoms with E-state index in [1.54, 1.807) is 0 Å². The molecule has 0 aliphatic carbocycles. The molecule has 1 aliphatic rings. The van der Waals surface area contributed by atoms with Crippen LogP contribution in [0.5, 0.6) is 0 Å². The normalized spacial score (nSPS) is 16.9. The van der Waals surface area contributed by atoms with Crippen molar-refractivity contribution in [2.24, 2.45) is 0 Å². The molecule has 78 valence electrons. The minimum atomic E-state index is -0.230. The van der Waals surface area contributed by atoms with E-state index in [9.17, 15) is 4.79 Å². The lowest BCUT2D eigenvalue weighted by Gasteiger charge is -2.26.